The van der Waals surface area contributed by atoms with Crippen LogP contribution in [0.2, 0.25) is 0 Å². The lowest BCUT2D eigenvalue weighted by Gasteiger charge is -2.01. The Hall–Kier alpha value is -1.75. The number of aromatic amines is 1. The van der Waals surface area contributed by atoms with Gasteiger partial charge in [-0.05, 0) is 18.5 Å². The number of nitrogens with one attached hydrogen (secondary N) is 2. The van der Waals surface area contributed by atoms with Gasteiger partial charge in [0.15, 0.2) is 5.82 Å². The van der Waals surface area contributed by atoms with E-state index in [1.54, 1.807) is 0 Å². The average Bonchev–Trinajstić information content (AvgIpc) is 2.79. The smallest absolute Gasteiger partial charge is 0.188 e. The summed E-state index contributed by atoms with van der Waals surface area (Å²) in [5.74, 6) is 0.697. The molecule has 0 fully saturated rings. The third kappa shape index (κ3) is 3.14. The van der Waals surface area contributed by atoms with Gasteiger partial charge in [-0.3, -0.25) is 0 Å². The number of hydrogen-bond acceptors (Lipinski definition) is 4. The van der Waals surface area contributed by atoms with Crippen LogP contribution in [0.3, 0.4) is 0 Å². The summed E-state index contributed by atoms with van der Waals surface area (Å²) in [5, 5.41) is 16.9. The van der Waals surface area contributed by atoms with Gasteiger partial charge in [0, 0.05) is 0 Å². The maximum Gasteiger partial charge on any atom is 0.188 e. The fraction of sp³-hybridized carbons (Fsp3) is 0.300. The van der Waals surface area contributed by atoms with Gasteiger partial charge in [0.1, 0.15) is 0 Å². The highest BCUT2D eigenvalue weighted by Crippen LogP contribution is 1.98. The number of aromatic nitrogens is 4. The molecule has 0 spiro atoms. The number of hydrogen-bond donors (Lipinski definition) is 2. The summed E-state index contributed by atoms with van der Waals surface area (Å²) in [6.07, 6.45) is 1.01. The number of benzene rings is 1. The van der Waals surface area contributed by atoms with Crippen LogP contribution in [0, 0.1) is 0 Å². The first-order valence-electron chi connectivity index (χ1n) is 4.92. The van der Waals surface area contributed by atoms with Gasteiger partial charge in [-0.2, -0.15) is 5.21 Å². The Morgan fingerprint density at radius 2 is 2.07 bits per heavy atom. The lowest BCUT2D eigenvalue weighted by Crippen LogP contribution is -2.17. The molecule has 78 valence electrons. The Labute approximate surface area is 87.9 Å². The highest BCUT2D eigenvalue weighted by atomic mass is 15.5. The molecule has 0 bridgehead atoms. The van der Waals surface area contributed by atoms with Gasteiger partial charge in [0.2, 0.25) is 0 Å². The van der Waals surface area contributed by atoms with E-state index in [1.807, 2.05) is 6.07 Å². The van der Waals surface area contributed by atoms with Crippen molar-refractivity contribution >= 4 is 0 Å². The Bertz CT molecular complexity index is 370. The highest BCUT2D eigenvalue weighted by molar-refractivity contribution is 5.14. The zero-order valence-electron chi connectivity index (χ0n) is 8.35. The van der Waals surface area contributed by atoms with Crippen LogP contribution in [0.4, 0.5) is 0 Å². The molecule has 0 atom stereocenters. The molecule has 2 rings (SSSR count). The summed E-state index contributed by atoms with van der Waals surface area (Å²) in [4.78, 5) is 0. The van der Waals surface area contributed by atoms with Gasteiger partial charge < -0.3 is 5.32 Å². The van der Waals surface area contributed by atoms with Crippen LogP contribution in [0.15, 0.2) is 30.3 Å². The van der Waals surface area contributed by atoms with E-state index in [-0.39, 0.29) is 0 Å². The Kier molecular flexibility index (Phi) is 3.40. The van der Waals surface area contributed by atoms with Crippen LogP contribution in [-0.4, -0.2) is 27.2 Å². The number of H-pyrrole nitrogens is 1. The van der Waals surface area contributed by atoms with Gasteiger partial charge in [-0.25, -0.2) is 0 Å². The summed E-state index contributed by atoms with van der Waals surface area (Å²) >= 11 is 0. The summed E-state index contributed by atoms with van der Waals surface area (Å²) < 4.78 is 0. The monoisotopic (exact) mass is 203 g/mol. The summed E-state index contributed by atoms with van der Waals surface area (Å²) in [5.41, 5.74) is 1.33. The van der Waals surface area contributed by atoms with E-state index < -0.39 is 0 Å². The molecular formula is C10H13N5. The standard InChI is InChI=1S/C10H13N5/c1-2-4-9(5-3-1)6-7-11-8-10-12-14-15-13-10/h1-5,11H,6-8H2,(H,12,13,14,15). The van der Waals surface area contributed by atoms with Gasteiger partial charge in [-0.1, -0.05) is 35.5 Å². The molecule has 0 amide bonds. The van der Waals surface area contributed by atoms with Crippen LogP contribution in [0.25, 0.3) is 0 Å². The second kappa shape index (κ2) is 5.21. The normalized spacial score (nSPS) is 10.4. The molecule has 5 nitrogen and oxygen atoms in total. The average molecular weight is 203 g/mol. The molecular weight excluding hydrogens is 190 g/mol. The third-order valence-corrected chi connectivity index (χ3v) is 2.11. The van der Waals surface area contributed by atoms with Crippen molar-refractivity contribution in [2.75, 3.05) is 6.54 Å². The van der Waals surface area contributed by atoms with Gasteiger partial charge in [0.05, 0.1) is 6.54 Å². The summed E-state index contributed by atoms with van der Waals surface area (Å²) in [6, 6.07) is 10.4. The summed E-state index contributed by atoms with van der Waals surface area (Å²) in [6.45, 7) is 1.57. The van der Waals surface area contributed by atoms with Crippen molar-refractivity contribution in [1.29, 1.82) is 0 Å². The molecule has 0 aliphatic carbocycles. The first-order chi connectivity index (χ1) is 7.45. The summed E-state index contributed by atoms with van der Waals surface area (Å²) in [7, 11) is 0. The fourth-order valence-electron chi connectivity index (χ4n) is 1.33. The minimum atomic E-state index is 0.656. The van der Waals surface area contributed by atoms with Crippen molar-refractivity contribution in [2.45, 2.75) is 13.0 Å². The second-order valence-corrected chi connectivity index (χ2v) is 3.24. The first kappa shape index (κ1) is 9.79. The zero-order valence-corrected chi connectivity index (χ0v) is 8.35. The SMILES string of the molecule is c1ccc(CCNCc2nn[nH]n2)cc1. The number of rotatable bonds is 5. The van der Waals surface area contributed by atoms with E-state index in [2.05, 4.69) is 50.2 Å². The molecule has 2 aromatic rings. The minimum Gasteiger partial charge on any atom is -0.309 e. The van der Waals surface area contributed by atoms with Crippen LogP contribution in [0.5, 0.6) is 0 Å². The molecule has 0 aliphatic rings. The molecule has 0 radical (unpaired) electrons. The van der Waals surface area contributed by atoms with Crippen molar-refractivity contribution in [3.8, 4) is 0 Å². The molecule has 1 aromatic carbocycles. The Morgan fingerprint density at radius 3 is 2.80 bits per heavy atom. The van der Waals surface area contributed by atoms with Crippen LogP contribution < -0.4 is 5.32 Å². The van der Waals surface area contributed by atoms with E-state index in [1.165, 1.54) is 5.56 Å². The molecule has 2 N–H and O–H groups in total. The van der Waals surface area contributed by atoms with E-state index in [4.69, 9.17) is 0 Å². The van der Waals surface area contributed by atoms with Gasteiger partial charge in [-0.15, -0.1) is 10.2 Å². The van der Waals surface area contributed by atoms with E-state index >= 15 is 0 Å². The number of tetrazole rings is 1. The fourth-order valence-corrected chi connectivity index (χ4v) is 1.33. The molecule has 1 heterocycles. The van der Waals surface area contributed by atoms with E-state index in [0.29, 0.717) is 12.4 Å². The van der Waals surface area contributed by atoms with Gasteiger partial charge >= 0.3 is 0 Å². The largest absolute Gasteiger partial charge is 0.309 e. The van der Waals surface area contributed by atoms with E-state index in [0.717, 1.165) is 13.0 Å². The molecule has 0 saturated heterocycles. The van der Waals surface area contributed by atoms with Crippen molar-refractivity contribution in [1.82, 2.24) is 25.9 Å². The topological polar surface area (TPSA) is 66.5 Å². The second-order valence-electron chi connectivity index (χ2n) is 3.24. The maximum atomic E-state index is 3.85. The molecule has 15 heavy (non-hydrogen) atoms. The zero-order chi connectivity index (χ0) is 10.3. The van der Waals surface area contributed by atoms with Crippen LogP contribution in [-0.2, 0) is 13.0 Å². The van der Waals surface area contributed by atoms with Gasteiger partial charge in [0.25, 0.3) is 0 Å². The molecule has 0 aliphatic heterocycles. The molecule has 0 unspecified atom stereocenters. The maximum absolute atomic E-state index is 3.85. The lowest BCUT2D eigenvalue weighted by atomic mass is 10.1. The van der Waals surface area contributed by atoms with Crippen molar-refractivity contribution in [3.05, 3.63) is 41.7 Å². The predicted octanol–water partition coefficient (Wildman–Crippen LogP) is 0.532. The molecule has 1 aromatic heterocycles. The quantitative estimate of drug-likeness (QED) is 0.696. The van der Waals surface area contributed by atoms with Crippen LogP contribution in [0.1, 0.15) is 11.4 Å². The van der Waals surface area contributed by atoms with Crippen molar-refractivity contribution in [2.24, 2.45) is 0 Å². The van der Waals surface area contributed by atoms with Crippen molar-refractivity contribution in [3.63, 3.8) is 0 Å². The highest BCUT2D eigenvalue weighted by Gasteiger charge is 1.96. The minimum absolute atomic E-state index is 0.656. The molecule has 5 heteroatoms. The lowest BCUT2D eigenvalue weighted by molar-refractivity contribution is 0.660. The Balaban J connectivity index is 1.68. The predicted molar refractivity (Wildman–Crippen MR) is 56.0 cm³/mol. The Morgan fingerprint density at radius 1 is 1.20 bits per heavy atom. The third-order valence-electron chi connectivity index (χ3n) is 2.11. The van der Waals surface area contributed by atoms with E-state index in [9.17, 15) is 0 Å². The molecule has 0 saturated carbocycles. The number of nitrogens with zero attached hydrogens (tertiary/aromatic N) is 3. The first-order valence-corrected chi connectivity index (χ1v) is 4.92. The van der Waals surface area contributed by atoms with Crippen molar-refractivity contribution < 1.29 is 0 Å². The van der Waals surface area contributed by atoms with Crippen LogP contribution >= 0.6 is 0 Å².